The molecule has 0 bridgehead atoms. The van der Waals surface area contributed by atoms with Gasteiger partial charge in [-0.05, 0) is 38.3 Å². The van der Waals surface area contributed by atoms with Gasteiger partial charge in [-0.25, -0.2) is 0 Å². The second kappa shape index (κ2) is 8.05. The van der Waals surface area contributed by atoms with Gasteiger partial charge in [0.2, 0.25) is 0 Å². The lowest BCUT2D eigenvalue weighted by Crippen LogP contribution is -3.16. The fourth-order valence-electron chi connectivity index (χ4n) is 2.80. The van der Waals surface area contributed by atoms with E-state index in [2.05, 4.69) is 26.1 Å². The van der Waals surface area contributed by atoms with Crippen molar-refractivity contribution in [2.45, 2.75) is 53.5 Å². The summed E-state index contributed by atoms with van der Waals surface area (Å²) in [5.74, 6) is 0.148. The van der Waals surface area contributed by atoms with Crippen LogP contribution >= 0.6 is 0 Å². The number of aryl methyl sites for hydroxylation is 2. The van der Waals surface area contributed by atoms with Crippen LogP contribution in [0, 0.1) is 13.8 Å². The van der Waals surface area contributed by atoms with Gasteiger partial charge in [0.15, 0.2) is 6.04 Å². The molecule has 2 N–H and O–H groups in total. The third-order valence-corrected chi connectivity index (χ3v) is 3.97. The molecule has 0 heterocycles. The number of hydrogen-bond acceptors (Lipinski definition) is 1. The summed E-state index contributed by atoms with van der Waals surface area (Å²) in [7, 11) is 0. The summed E-state index contributed by atoms with van der Waals surface area (Å²) in [5, 5.41) is 3.14. The summed E-state index contributed by atoms with van der Waals surface area (Å²) in [6.07, 6.45) is 1.98. The first kappa shape index (κ1) is 16.7. The molecule has 0 saturated carbocycles. The minimum atomic E-state index is 0.0407. The van der Waals surface area contributed by atoms with Gasteiger partial charge < -0.3 is 10.2 Å². The number of carbonyl (C=O) groups is 1. The molecule has 0 spiro atoms. The van der Waals surface area contributed by atoms with Crippen LogP contribution in [0.15, 0.2) is 18.2 Å². The Morgan fingerprint density at radius 2 is 1.80 bits per heavy atom. The zero-order valence-electron chi connectivity index (χ0n) is 13.5. The molecule has 3 heteroatoms. The van der Waals surface area contributed by atoms with Gasteiger partial charge in [-0.3, -0.25) is 4.79 Å². The minimum absolute atomic E-state index is 0.0407. The molecule has 3 nitrogen and oxygen atoms in total. The Balaban J connectivity index is 2.87. The maximum absolute atomic E-state index is 12.6. The molecule has 20 heavy (non-hydrogen) atoms. The molecule has 0 aromatic heterocycles. The van der Waals surface area contributed by atoms with Crippen LogP contribution in [0.5, 0.6) is 0 Å². The number of hydrogen-bond donors (Lipinski definition) is 2. The highest BCUT2D eigenvalue weighted by Crippen LogP contribution is 2.19. The standard InChI is InChI=1S/C17H28N2O/c1-6-12-19(8-3)15(7-2)17(20)18-16-13(4)10-9-11-14(16)5/h9-11,15H,6-8,12H2,1-5H3,(H,18,20)/p+1. The van der Waals surface area contributed by atoms with Crippen molar-refractivity contribution >= 4 is 11.6 Å². The van der Waals surface area contributed by atoms with Crippen LogP contribution in [0.2, 0.25) is 0 Å². The van der Waals surface area contributed by atoms with Gasteiger partial charge in [0.1, 0.15) is 0 Å². The van der Waals surface area contributed by atoms with Crippen molar-refractivity contribution in [1.82, 2.24) is 0 Å². The lowest BCUT2D eigenvalue weighted by Gasteiger charge is -2.26. The number of carbonyl (C=O) groups excluding carboxylic acids is 1. The number of amides is 1. The Bertz CT molecular complexity index is 422. The van der Waals surface area contributed by atoms with E-state index in [1.54, 1.807) is 0 Å². The fourth-order valence-corrected chi connectivity index (χ4v) is 2.80. The Labute approximate surface area is 123 Å². The van der Waals surface area contributed by atoms with Crippen LogP contribution in [0.25, 0.3) is 0 Å². The van der Waals surface area contributed by atoms with Crippen LogP contribution in [0.1, 0.15) is 44.7 Å². The molecular formula is C17H29N2O+. The van der Waals surface area contributed by atoms with Crippen molar-refractivity contribution in [3.63, 3.8) is 0 Å². The maximum atomic E-state index is 12.6. The average molecular weight is 277 g/mol. The molecular weight excluding hydrogens is 248 g/mol. The molecule has 1 rings (SSSR count). The predicted molar refractivity (Wildman–Crippen MR) is 85.3 cm³/mol. The number of benzene rings is 1. The topological polar surface area (TPSA) is 33.5 Å². The summed E-state index contributed by atoms with van der Waals surface area (Å²) in [4.78, 5) is 14.0. The summed E-state index contributed by atoms with van der Waals surface area (Å²) in [6, 6.07) is 6.15. The van der Waals surface area contributed by atoms with Crippen molar-refractivity contribution < 1.29 is 9.69 Å². The van der Waals surface area contributed by atoms with E-state index < -0.39 is 0 Å². The van der Waals surface area contributed by atoms with Crippen LogP contribution in [-0.4, -0.2) is 25.0 Å². The second-order valence-electron chi connectivity index (χ2n) is 5.48. The van der Waals surface area contributed by atoms with Crippen molar-refractivity contribution in [3.05, 3.63) is 29.3 Å². The summed E-state index contributed by atoms with van der Waals surface area (Å²) in [5.41, 5.74) is 3.23. The molecule has 112 valence electrons. The van der Waals surface area contributed by atoms with Crippen LogP contribution in [-0.2, 0) is 4.79 Å². The van der Waals surface area contributed by atoms with Gasteiger partial charge in [-0.2, -0.15) is 0 Å². The highest BCUT2D eigenvalue weighted by molar-refractivity contribution is 5.95. The van der Waals surface area contributed by atoms with Crippen molar-refractivity contribution in [2.24, 2.45) is 0 Å². The molecule has 0 fully saturated rings. The Morgan fingerprint density at radius 1 is 1.20 bits per heavy atom. The van der Waals surface area contributed by atoms with E-state index in [-0.39, 0.29) is 11.9 Å². The molecule has 1 amide bonds. The van der Waals surface area contributed by atoms with Crippen molar-refractivity contribution in [2.75, 3.05) is 18.4 Å². The number of nitrogens with one attached hydrogen (secondary N) is 2. The Kier molecular flexibility index (Phi) is 6.73. The van der Waals surface area contributed by atoms with Gasteiger partial charge in [-0.15, -0.1) is 0 Å². The van der Waals surface area contributed by atoms with E-state index in [4.69, 9.17) is 0 Å². The quantitative estimate of drug-likeness (QED) is 0.788. The van der Waals surface area contributed by atoms with Gasteiger partial charge >= 0.3 is 0 Å². The normalized spacial score (nSPS) is 13.8. The third-order valence-electron chi connectivity index (χ3n) is 3.97. The van der Waals surface area contributed by atoms with E-state index in [1.807, 2.05) is 32.0 Å². The molecule has 0 saturated heterocycles. The molecule has 2 atom stereocenters. The first-order valence-corrected chi connectivity index (χ1v) is 7.76. The highest BCUT2D eigenvalue weighted by Gasteiger charge is 2.26. The Morgan fingerprint density at radius 3 is 2.25 bits per heavy atom. The van der Waals surface area contributed by atoms with E-state index in [1.165, 1.54) is 4.90 Å². The Hall–Kier alpha value is -1.35. The lowest BCUT2D eigenvalue weighted by molar-refractivity contribution is -0.914. The fraction of sp³-hybridized carbons (Fsp3) is 0.588. The maximum Gasteiger partial charge on any atom is 0.282 e. The smallest absolute Gasteiger partial charge is 0.282 e. The monoisotopic (exact) mass is 277 g/mol. The van der Waals surface area contributed by atoms with Crippen LogP contribution in [0.3, 0.4) is 0 Å². The second-order valence-corrected chi connectivity index (χ2v) is 5.48. The molecule has 0 aliphatic carbocycles. The molecule has 0 radical (unpaired) electrons. The molecule has 1 aromatic carbocycles. The highest BCUT2D eigenvalue weighted by atomic mass is 16.2. The van der Waals surface area contributed by atoms with Gasteiger partial charge in [0, 0.05) is 12.1 Å². The van der Waals surface area contributed by atoms with E-state index >= 15 is 0 Å². The van der Waals surface area contributed by atoms with E-state index in [0.29, 0.717) is 0 Å². The van der Waals surface area contributed by atoms with Gasteiger partial charge in [0.05, 0.1) is 13.1 Å². The molecule has 1 aromatic rings. The summed E-state index contributed by atoms with van der Waals surface area (Å²) >= 11 is 0. The molecule has 0 aliphatic rings. The largest absolute Gasteiger partial charge is 0.325 e. The average Bonchev–Trinajstić information content (AvgIpc) is 2.42. The van der Waals surface area contributed by atoms with Crippen molar-refractivity contribution in [1.29, 1.82) is 0 Å². The van der Waals surface area contributed by atoms with E-state index in [9.17, 15) is 4.79 Å². The summed E-state index contributed by atoms with van der Waals surface area (Å²) < 4.78 is 0. The summed E-state index contributed by atoms with van der Waals surface area (Å²) in [6.45, 7) is 12.5. The number of anilines is 1. The first-order valence-electron chi connectivity index (χ1n) is 7.76. The first-order chi connectivity index (χ1) is 9.54. The SMILES string of the molecule is CCC[NH+](CC)C(CC)C(=O)Nc1c(C)cccc1C. The lowest BCUT2D eigenvalue weighted by atomic mass is 10.1. The number of quaternary nitrogens is 1. The van der Waals surface area contributed by atoms with Crippen LogP contribution in [0.4, 0.5) is 5.69 Å². The third kappa shape index (κ3) is 4.07. The van der Waals surface area contributed by atoms with E-state index in [0.717, 1.165) is 42.7 Å². The molecule has 2 unspecified atom stereocenters. The zero-order chi connectivity index (χ0) is 15.1. The van der Waals surface area contributed by atoms with Crippen molar-refractivity contribution in [3.8, 4) is 0 Å². The number of likely N-dealkylation sites (N-methyl/N-ethyl adjacent to an activating group) is 1. The van der Waals surface area contributed by atoms with Crippen LogP contribution < -0.4 is 10.2 Å². The minimum Gasteiger partial charge on any atom is -0.325 e. The van der Waals surface area contributed by atoms with Gasteiger partial charge in [0.25, 0.3) is 5.91 Å². The van der Waals surface area contributed by atoms with Gasteiger partial charge in [-0.1, -0.05) is 32.0 Å². The number of rotatable bonds is 7. The predicted octanol–water partition coefficient (Wildman–Crippen LogP) is 2.34. The zero-order valence-corrected chi connectivity index (χ0v) is 13.5. The molecule has 0 aliphatic heterocycles. The number of para-hydroxylation sites is 1.